The number of piperidine rings is 1. The quantitative estimate of drug-likeness (QED) is 0.768. The van der Waals surface area contributed by atoms with Crippen molar-refractivity contribution in [3.8, 4) is 0 Å². The Morgan fingerprint density at radius 1 is 1.12 bits per heavy atom. The third kappa shape index (κ3) is 3.64. The lowest BCUT2D eigenvalue weighted by Gasteiger charge is -2.31. The molecule has 1 aliphatic rings. The number of para-hydroxylation sites is 2. The Hall–Kier alpha value is -2.62. The van der Waals surface area contributed by atoms with Crippen molar-refractivity contribution in [3.63, 3.8) is 0 Å². The number of fused-ring (bicyclic) bond motifs is 1. The van der Waals surface area contributed by atoms with Crippen molar-refractivity contribution in [3.05, 3.63) is 65.5 Å². The highest BCUT2D eigenvalue weighted by Crippen LogP contribution is 2.28. The van der Waals surface area contributed by atoms with Gasteiger partial charge in [0.25, 0.3) is 0 Å². The van der Waals surface area contributed by atoms with Gasteiger partial charge in [0, 0.05) is 25.4 Å². The number of amides is 1. The molecular formula is C22H25N3O. The van der Waals surface area contributed by atoms with Crippen LogP contribution in [0.2, 0.25) is 0 Å². The topological polar surface area (TPSA) is 49.0 Å². The molecule has 134 valence electrons. The van der Waals surface area contributed by atoms with E-state index >= 15 is 0 Å². The van der Waals surface area contributed by atoms with Gasteiger partial charge in [0.15, 0.2) is 0 Å². The SMILES string of the molecule is Cc1ccc(CCC(=O)N2CCC(c3nc4ccccc4[nH]3)CC2)cc1. The molecule has 0 aliphatic carbocycles. The molecule has 4 nitrogen and oxygen atoms in total. The van der Waals surface area contributed by atoms with Crippen molar-refractivity contribution >= 4 is 16.9 Å². The Kier molecular flexibility index (Phi) is 4.74. The number of hydrogen-bond acceptors (Lipinski definition) is 2. The second-order valence-electron chi connectivity index (χ2n) is 7.28. The van der Waals surface area contributed by atoms with Gasteiger partial charge in [0.1, 0.15) is 5.82 Å². The predicted molar refractivity (Wildman–Crippen MR) is 104 cm³/mol. The monoisotopic (exact) mass is 347 g/mol. The normalized spacial score (nSPS) is 15.5. The highest BCUT2D eigenvalue weighted by Gasteiger charge is 2.25. The van der Waals surface area contributed by atoms with E-state index in [-0.39, 0.29) is 5.91 Å². The number of nitrogens with one attached hydrogen (secondary N) is 1. The average molecular weight is 347 g/mol. The van der Waals surface area contributed by atoms with Crippen LogP contribution in [0.4, 0.5) is 0 Å². The molecule has 4 rings (SSSR count). The maximum absolute atomic E-state index is 12.5. The molecule has 0 saturated carbocycles. The summed E-state index contributed by atoms with van der Waals surface area (Å²) in [5, 5.41) is 0. The number of carbonyl (C=O) groups excluding carboxylic acids is 1. The number of rotatable bonds is 4. The zero-order valence-corrected chi connectivity index (χ0v) is 15.2. The Balaban J connectivity index is 1.31. The number of aryl methyl sites for hydroxylation is 2. The summed E-state index contributed by atoms with van der Waals surface area (Å²) < 4.78 is 0. The van der Waals surface area contributed by atoms with Crippen LogP contribution in [0.5, 0.6) is 0 Å². The summed E-state index contributed by atoms with van der Waals surface area (Å²) >= 11 is 0. The smallest absolute Gasteiger partial charge is 0.222 e. The highest BCUT2D eigenvalue weighted by atomic mass is 16.2. The summed E-state index contributed by atoms with van der Waals surface area (Å²) in [6.45, 7) is 3.74. The van der Waals surface area contributed by atoms with E-state index in [0.29, 0.717) is 12.3 Å². The molecule has 1 aromatic heterocycles. The van der Waals surface area contributed by atoms with Crippen LogP contribution in [0, 0.1) is 6.92 Å². The fraction of sp³-hybridized carbons (Fsp3) is 0.364. The molecule has 0 unspecified atom stereocenters. The number of aromatic amines is 1. The number of likely N-dealkylation sites (tertiary alicyclic amines) is 1. The largest absolute Gasteiger partial charge is 0.343 e. The van der Waals surface area contributed by atoms with Crippen LogP contribution in [-0.2, 0) is 11.2 Å². The van der Waals surface area contributed by atoms with Crippen LogP contribution in [0.3, 0.4) is 0 Å². The summed E-state index contributed by atoms with van der Waals surface area (Å²) in [5.41, 5.74) is 4.62. The average Bonchev–Trinajstić information content (AvgIpc) is 3.12. The molecule has 3 aromatic rings. The molecule has 1 N–H and O–H groups in total. The predicted octanol–water partition coefficient (Wildman–Crippen LogP) is 4.21. The van der Waals surface area contributed by atoms with Crippen LogP contribution in [-0.4, -0.2) is 33.9 Å². The lowest BCUT2D eigenvalue weighted by atomic mass is 9.95. The van der Waals surface area contributed by atoms with Crippen molar-refractivity contribution in [2.45, 2.75) is 38.5 Å². The molecule has 1 fully saturated rings. The van der Waals surface area contributed by atoms with E-state index < -0.39 is 0 Å². The van der Waals surface area contributed by atoms with Crippen LogP contribution >= 0.6 is 0 Å². The first kappa shape index (κ1) is 16.8. The van der Waals surface area contributed by atoms with Gasteiger partial charge >= 0.3 is 0 Å². The second kappa shape index (κ2) is 7.32. The van der Waals surface area contributed by atoms with Crippen LogP contribution in [0.15, 0.2) is 48.5 Å². The standard InChI is InChI=1S/C22H25N3O/c1-16-6-8-17(9-7-16)10-11-21(26)25-14-12-18(13-15-25)22-23-19-4-2-3-5-20(19)24-22/h2-9,18H,10-15H2,1H3,(H,23,24). The molecular weight excluding hydrogens is 322 g/mol. The summed E-state index contributed by atoms with van der Waals surface area (Å²) in [5.74, 6) is 1.76. The lowest BCUT2D eigenvalue weighted by Crippen LogP contribution is -2.38. The van der Waals surface area contributed by atoms with E-state index in [1.54, 1.807) is 0 Å². The van der Waals surface area contributed by atoms with Crippen LogP contribution in [0.25, 0.3) is 11.0 Å². The molecule has 0 atom stereocenters. The summed E-state index contributed by atoms with van der Waals surface area (Å²) in [7, 11) is 0. The Labute approximate surface area is 154 Å². The summed E-state index contributed by atoms with van der Waals surface area (Å²) in [4.78, 5) is 22.7. The van der Waals surface area contributed by atoms with Gasteiger partial charge in [-0.1, -0.05) is 42.0 Å². The summed E-state index contributed by atoms with van der Waals surface area (Å²) in [6.07, 6.45) is 3.38. The number of hydrogen-bond donors (Lipinski definition) is 1. The van der Waals surface area contributed by atoms with E-state index in [0.717, 1.165) is 49.2 Å². The lowest BCUT2D eigenvalue weighted by molar-refractivity contribution is -0.132. The maximum Gasteiger partial charge on any atom is 0.222 e. The van der Waals surface area contributed by atoms with Gasteiger partial charge in [-0.05, 0) is 43.9 Å². The van der Waals surface area contributed by atoms with Gasteiger partial charge in [0.05, 0.1) is 11.0 Å². The minimum Gasteiger partial charge on any atom is -0.343 e. The number of nitrogens with zero attached hydrogens (tertiary/aromatic N) is 2. The van der Waals surface area contributed by atoms with Gasteiger partial charge in [-0.3, -0.25) is 4.79 Å². The third-order valence-corrected chi connectivity index (χ3v) is 5.39. The highest BCUT2D eigenvalue weighted by molar-refractivity contribution is 5.77. The number of imidazole rings is 1. The molecule has 2 aromatic carbocycles. The van der Waals surface area contributed by atoms with Crippen molar-refractivity contribution in [2.75, 3.05) is 13.1 Å². The van der Waals surface area contributed by atoms with Gasteiger partial charge in [-0.2, -0.15) is 0 Å². The Morgan fingerprint density at radius 3 is 2.58 bits per heavy atom. The second-order valence-corrected chi connectivity index (χ2v) is 7.28. The molecule has 0 spiro atoms. The minimum atomic E-state index is 0.272. The molecule has 0 bridgehead atoms. The van der Waals surface area contributed by atoms with Crippen LogP contribution in [0.1, 0.15) is 42.1 Å². The summed E-state index contributed by atoms with van der Waals surface area (Å²) in [6, 6.07) is 16.6. The number of benzene rings is 2. The number of aromatic nitrogens is 2. The molecule has 26 heavy (non-hydrogen) atoms. The van der Waals surface area contributed by atoms with Gasteiger partial charge < -0.3 is 9.88 Å². The molecule has 1 aliphatic heterocycles. The van der Waals surface area contributed by atoms with E-state index in [9.17, 15) is 4.79 Å². The molecule has 0 radical (unpaired) electrons. The molecule has 4 heteroatoms. The Morgan fingerprint density at radius 2 is 1.85 bits per heavy atom. The zero-order chi connectivity index (χ0) is 17.9. The maximum atomic E-state index is 12.5. The van der Waals surface area contributed by atoms with Gasteiger partial charge in [0.2, 0.25) is 5.91 Å². The van der Waals surface area contributed by atoms with E-state index in [1.807, 2.05) is 23.1 Å². The number of H-pyrrole nitrogens is 1. The Bertz CT molecular complexity index is 856. The minimum absolute atomic E-state index is 0.272. The number of carbonyl (C=O) groups is 1. The van der Waals surface area contributed by atoms with Crippen molar-refractivity contribution in [1.82, 2.24) is 14.9 Å². The van der Waals surface area contributed by atoms with E-state index in [4.69, 9.17) is 4.98 Å². The fourth-order valence-electron chi connectivity index (χ4n) is 3.73. The molecule has 1 saturated heterocycles. The fourth-order valence-corrected chi connectivity index (χ4v) is 3.73. The van der Waals surface area contributed by atoms with Gasteiger partial charge in [-0.25, -0.2) is 4.98 Å². The van der Waals surface area contributed by atoms with Crippen LogP contribution < -0.4 is 0 Å². The van der Waals surface area contributed by atoms with Gasteiger partial charge in [-0.15, -0.1) is 0 Å². The first-order valence-electron chi connectivity index (χ1n) is 9.47. The van der Waals surface area contributed by atoms with Crippen molar-refractivity contribution in [1.29, 1.82) is 0 Å². The third-order valence-electron chi connectivity index (χ3n) is 5.39. The van der Waals surface area contributed by atoms with E-state index in [2.05, 4.69) is 42.2 Å². The molecule has 2 heterocycles. The zero-order valence-electron chi connectivity index (χ0n) is 15.2. The first-order chi connectivity index (χ1) is 12.7. The van der Waals surface area contributed by atoms with E-state index in [1.165, 1.54) is 11.1 Å². The first-order valence-corrected chi connectivity index (χ1v) is 9.47. The van der Waals surface area contributed by atoms with Crippen molar-refractivity contribution < 1.29 is 4.79 Å². The van der Waals surface area contributed by atoms with Crippen molar-refractivity contribution in [2.24, 2.45) is 0 Å². The molecule has 1 amide bonds.